The topological polar surface area (TPSA) is 56.5 Å². The van der Waals surface area contributed by atoms with Crippen molar-refractivity contribution >= 4 is 11.5 Å². The lowest BCUT2D eigenvalue weighted by Gasteiger charge is -2.07. The molecule has 6 heteroatoms. The number of aromatic nitrogens is 5. The van der Waals surface area contributed by atoms with Gasteiger partial charge < -0.3 is 0 Å². The van der Waals surface area contributed by atoms with E-state index in [0.29, 0.717) is 6.54 Å². The highest BCUT2D eigenvalue weighted by Gasteiger charge is 2.13. The maximum Gasteiger partial charge on any atom is 0.0899 e. The van der Waals surface area contributed by atoms with Crippen LogP contribution in [0.15, 0.2) is 36.5 Å². The minimum atomic E-state index is 0.241. The van der Waals surface area contributed by atoms with Crippen molar-refractivity contribution in [2.45, 2.75) is 26.3 Å². The van der Waals surface area contributed by atoms with Gasteiger partial charge in [-0.25, -0.2) is 4.68 Å². The third-order valence-electron chi connectivity index (χ3n) is 3.35. The Kier molecular flexibility index (Phi) is 3.56. The van der Waals surface area contributed by atoms with Gasteiger partial charge in [-0.15, -0.1) is 10.2 Å². The Balaban J connectivity index is 1.79. The molecule has 0 saturated carbocycles. The van der Waals surface area contributed by atoms with Gasteiger partial charge in [0.05, 0.1) is 22.8 Å². The van der Waals surface area contributed by atoms with E-state index in [0.717, 1.165) is 16.3 Å². The molecule has 2 aromatic heterocycles. The third-order valence-corrected chi connectivity index (χ3v) is 4.16. The highest BCUT2D eigenvalue weighted by molar-refractivity contribution is 7.05. The van der Waals surface area contributed by atoms with Crippen LogP contribution in [0.25, 0.3) is 0 Å². The van der Waals surface area contributed by atoms with Crippen LogP contribution < -0.4 is 0 Å². The van der Waals surface area contributed by atoms with Crippen LogP contribution in [0.3, 0.4) is 0 Å². The predicted octanol–water partition coefficient (Wildman–Crippen LogP) is 2.64. The van der Waals surface area contributed by atoms with E-state index in [1.54, 1.807) is 0 Å². The maximum atomic E-state index is 4.28. The summed E-state index contributed by atoms with van der Waals surface area (Å²) >= 11 is 1.41. The summed E-state index contributed by atoms with van der Waals surface area (Å²) < 4.78 is 5.78. The zero-order valence-electron chi connectivity index (χ0n) is 11.4. The second kappa shape index (κ2) is 5.50. The molecule has 0 radical (unpaired) electrons. The summed E-state index contributed by atoms with van der Waals surface area (Å²) in [6, 6.07) is 10.3. The van der Waals surface area contributed by atoms with Gasteiger partial charge in [0.1, 0.15) is 0 Å². The van der Waals surface area contributed by atoms with Crippen LogP contribution in [0.5, 0.6) is 0 Å². The van der Waals surface area contributed by atoms with Gasteiger partial charge in [-0.05, 0) is 24.0 Å². The van der Waals surface area contributed by atoms with Crippen LogP contribution in [0.1, 0.15) is 34.7 Å². The van der Waals surface area contributed by atoms with Gasteiger partial charge in [0, 0.05) is 12.1 Å². The molecule has 102 valence electrons. The van der Waals surface area contributed by atoms with Crippen LogP contribution in [0, 0.1) is 6.92 Å². The molecule has 5 nitrogen and oxygen atoms in total. The Morgan fingerprint density at radius 1 is 1.20 bits per heavy atom. The van der Waals surface area contributed by atoms with E-state index in [4.69, 9.17) is 0 Å². The Labute approximate surface area is 121 Å². The first-order chi connectivity index (χ1) is 9.74. The summed E-state index contributed by atoms with van der Waals surface area (Å²) in [4.78, 5) is 1.12. The van der Waals surface area contributed by atoms with E-state index in [-0.39, 0.29) is 5.92 Å². The molecule has 0 amide bonds. The van der Waals surface area contributed by atoms with Gasteiger partial charge in [0.25, 0.3) is 0 Å². The van der Waals surface area contributed by atoms with E-state index in [2.05, 4.69) is 39.0 Å². The molecular weight excluding hydrogens is 270 g/mol. The van der Waals surface area contributed by atoms with Crippen LogP contribution >= 0.6 is 11.5 Å². The lowest BCUT2D eigenvalue weighted by atomic mass is 9.99. The number of nitrogens with zero attached hydrogens (tertiary/aromatic N) is 5. The second-order valence-electron chi connectivity index (χ2n) is 4.75. The van der Waals surface area contributed by atoms with Crippen molar-refractivity contribution in [2.75, 3.05) is 0 Å². The largest absolute Gasteiger partial charge is 0.247 e. The second-order valence-corrected chi connectivity index (χ2v) is 5.59. The fraction of sp³-hybridized carbons (Fsp3) is 0.286. The molecule has 1 aromatic carbocycles. The fourth-order valence-corrected chi connectivity index (χ4v) is 2.67. The molecule has 0 spiro atoms. The molecule has 2 heterocycles. The van der Waals surface area contributed by atoms with Gasteiger partial charge in [-0.1, -0.05) is 47.0 Å². The smallest absolute Gasteiger partial charge is 0.0899 e. The number of hydrogen-bond donors (Lipinski definition) is 0. The molecular formula is C14H15N5S. The summed E-state index contributed by atoms with van der Waals surface area (Å²) in [6.07, 6.45) is 2.00. The first-order valence-electron chi connectivity index (χ1n) is 6.47. The molecule has 0 N–H and O–H groups in total. The van der Waals surface area contributed by atoms with Crippen LogP contribution in [0.2, 0.25) is 0 Å². The van der Waals surface area contributed by atoms with Crippen molar-refractivity contribution < 1.29 is 0 Å². The zero-order valence-corrected chi connectivity index (χ0v) is 12.2. The number of aryl methyl sites for hydroxylation is 1. The van der Waals surface area contributed by atoms with E-state index in [9.17, 15) is 0 Å². The Hall–Kier alpha value is -2.08. The standard InChI is InChI=1S/C14H15N5S/c1-10(12-6-4-3-5-7-12)13-8-19(17-16-13)9-14-11(2)15-18-20-14/h3-8,10H,9H2,1-2H3. The highest BCUT2D eigenvalue weighted by atomic mass is 32.1. The molecule has 0 bridgehead atoms. The summed E-state index contributed by atoms with van der Waals surface area (Å²) in [5.41, 5.74) is 3.18. The molecule has 1 atom stereocenters. The fourth-order valence-electron chi connectivity index (χ4n) is 2.04. The summed E-state index contributed by atoms with van der Waals surface area (Å²) in [6.45, 7) is 4.78. The van der Waals surface area contributed by atoms with Crippen molar-refractivity contribution in [1.29, 1.82) is 0 Å². The van der Waals surface area contributed by atoms with Gasteiger partial charge in [-0.2, -0.15) is 0 Å². The molecule has 0 fully saturated rings. The van der Waals surface area contributed by atoms with Crippen molar-refractivity contribution in [3.05, 3.63) is 58.4 Å². The zero-order chi connectivity index (χ0) is 13.9. The third kappa shape index (κ3) is 2.60. The molecule has 20 heavy (non-hydrogen) atoms. The molecule has 3 rings (SSSR count). The minimum Gasteiger partial charge on any atom is -0.247 e. The Morgan fingerprint density at radius 2 is 2.00 bits per heavy atom. The highest BCUT2D eigenvalue weighted by Crippen LogP contribution is 2.21. The molecule has 0 aliphatic rings. The summed E-state index contributed by atoms with van der Waals surface area (Å²) in [5.74, 6) is 0.241. The average molecular weight is 285 g/mol. The van der Waals surface area contributed by atoms with E-state index in [1.807, 2.05) is 36.0 Å². The van der Waals surface area contributed by atoms with E-state index in [1.165, 1.54) is 17.1 Å². The SMILES string of the molecule is Cc1nnsc1Cn1cc(C(C)c2ccccc2)nn1. The number of benzene rings is 1. The molecule has 0 aliphatic heterocycles. The van der Waals surface area contributed by atoms with Gasteiger partial charge in [0.15, 0.2) is 0 Å². The van der Waals surface area contributed by atoms with Crippen LogP contribution in [-0.2, 0) is 6.54 Å². The molecule has 1 unspecified atom stereocenters. The number of rotatable bonds is 4. The minimum absolute atomic E-state index is 0.241. The predicted molar refractivity (Wildman–Crippen MR) is 77.7 cm³/mol. The lowest BCUT2D eigenvalue weighted by molar-refractivity contribution is 0.652. The average Bonchev–Trinajstić information content (AvgIpc) is 3.10. The molecule has 3 aromatic rings. The normalized spacial score (nSPS) is 12.5. The lowest BCUT2D eigenvalue weighted by Crippen LogP contribution is -2.00. The van der Waals surface area contributed by atoms with E-state index >= 15 is 0 Å². The number of hydrogen-bond acceptors (Lipinski definition) is 5. The van der Waals surface area contributed by atoms with Crippen LogP contribution in [0.4, 0.5) is 0 Å². The molecule has 0 saturated heterocycles. The van der Waals surface area contributed by atoms with Gasteiger partial charge in [-0.3, -0.25) is 0 Å². The molecule has 0 aliphatic carbocycles. The van der Waals surface area contributed by atoms with Crippen molar-refractivity contribution in [1.82, 2.24) is 24.6 Å². The van der Waals surface area contributed by atoms with Crippen molar-refractivity contribution in [3.8, 4) is 0 Å². The quantitative estimate of drug-likeness (QED) is 0.739. The van der Waals surface area contributed by atoms with Gasteiger partial charge >= 0.3 is 0 Å². The van der Waals surface area contributed by atoms with Gasteiger partial charge in [0.2, 0.25) is 0 Å². The van der Waals surface area contributed by atoms with Crippen molar-refractivity contribution in [2.24, 2.45) is 0 Å². The monoisotopic (exact) mass is 285 g/mol. The van der Waals surface area contributed by atoms with Crippen LogP contribution in [-0.4, -0.2) is 24.6 Å². The Bertz CT molecular complexity index is 688. The first-order valence-corrected chi connectivity index (χ1v) is 7.24. The van der Waals surface area contributed by atoms with E-state index < -0.39 is 0 Å². The van der Waals surface area contributed by atoms with Crippen molar-refractivity contribution in [3.63, 3.8) is 0 Å². The summed E-state index contributed by atoms with van der Waals surface area (Å²) in [7, 11) is 0. The first kappa shape index (κ1) is 12.9. The maximum absolute atomic E-state index is 4.28. The summed E-state index contributed by atoms with van der Waals surface area (Å²) in [5, 5.41) is 12.5. The Morgan fingerprint density at radius 3 is 2.70 bits per heavy atom.